The molecule has 4 rings (SSSR count). The van der Waals surface area contributed by atoms with Crippen LogP contribution in [0.5, 0.6) is 0 Å². The minimum atomic E-state index is -3.27. The molecule has 1 amide bonds. The maximum absolute atomic E-state index is 12.8. The molecule has 0 aromatic heterocycles. The van der Waals surface area contributed by atoms with Gasteiger partial charge in [-0.1, -0.05) is 0 Å². The number of fused-ring (bicyclic) bond motifs is 3. The molecule has 1 unspecified atom stereocenters. The van der Waals surface area contributed by atoms with E-state index in [4.69, 9.17) is 9.94 Å². The van der Waals surface area contributed by atoms with Gasteiger partial charge < -0.3 is 11.6 Å². The van der Waals surface area contributed by atoms with Crippen LogP contribution in [0.3, 0.4) is 0 Å². The molecule has 13 heteroatoms. The van der Waals surface area contributed by atoms with Crippen molar-refractivity contribution in [1.29, 1.82) is 0 Å². The summed E-state index contributed by atoms with van der Waals surface area (Å²) in [5.74, 6) is -1.80. The number of nitrogens with zero attached hydrogens (tertiary/aromatic N) is 2. The molecule has 2 aliphatic rings. The molecule has 10 nitrogen and oxygen atoms in total. The molecule has 3 N–H and O–H groups in total. The molecule has 0 fully saturated rings. The second-order valence-electron chi connectivity index (χ2n) is 8.94. The first-order valence-electron chi connectivity index (χ1n) is 11.3. The smallest absolute Gasteiger partial charge is 1.00 e. The Morgan fingerprint density at radius 2 is 1.92 bits per heavy atom. The number of likely N-dealkylation sites (N-methyl/N-ethyl adjacent to an activating group) is 1. The van der Waals surface area contributed by atoms with Crippen LogP contribution in [0.15, 0.2) is 40.4 Å². The molecular weight excluding hydrogens is 572 g/mol. The van der Waals surface area contributed by atoms with E-state index in [0.717, 1.165) is 35.2 Å². The minimum absolute atomic E-state index is 0. The number of carbonyl (C=O) groups is 2. The summed E-state index contributed by atoms with van der Waals surface area (Å²) in [7, 11) is -1.29. The topological polar surface area (TPSA) is 146 Å². The van der Waals surface area contributed by atoms with Gasteiger partial charge in [0.2, 0.25) is 0 Å². The quantitative estimate of drug-likeness (QED) is 0.258. The van der Waals surface area contributed by atoms with Gasteiger partial charge in [-0.15, -0.1) is 0 Å². The number of hydrogen-bond acceptors (Lipinski definition) is 8. The third kappa shape index (κ3) is 5.98. The molecule has 37 heavy (non-hydrogen) atoms. The van der Waals surface area contributed by atoms with Crippen molar-refractivity contribution in [2.45, 2.75) is 41.8 Å². The van der Waals surface area contributed by atoms with Crippen molar-refractivity contribution in [2.24, 2.45) is 5.16 Å². The van der Waals surface area contributed by atoms with Crippen molar-refractivity contribution < 1.29 is 64.0 Å². The number of carboxylic acids is 1. The van der Waals surface area contributed by atoms with Crippen molar-refractivity contribution in [3.05, 3.63) is 47.0 Å². The van der Waals surface area contributed by atoms with E-state index in [1.54, 1.807) is 35.7 Å². The molecule has 0 aliphatic carbocycles. The fourth-order valence-corrected chi connectivity index (χ4v) is 8.66. The SMILES string of the molecule is CN1CCc2c(-c3ccc(S(=O)(=O)[As](C)C)cc3)cc3c(c2C1)NC(=O)C3=NOC(CCO)C(=O)O.[H-].[Na+]. The Balaban J connectivity index is 0.00000253. The number of aliphatic hydroxyl groups is 1. The van der Waals surface area contributed by atoms with Crippen LogP contribution in [0, 0.1) is 0 Å². The average Bonchev–Trinajstić information content (AvgIpc) is 3.16. The normalized spacial score (nSPS) is 17.1. The number of hydrogen-bond donors (Lipinski definition) is 3. The van der Waals surface area contributed by atoms with Gasteiger partial charge in [0, 0.05) is 13.0 Å². The first-order chi connectivity index (χ1) is 17.0. The number of aliphatic hydroxyl groups excluding tert-OH is 1. The van der Waals surface area contributed by atoms with Crippen LogP contribution in [0.2, 0.25) is 11.4 Å². The van der Waals surface area contributed by atoms with E-state index in [9.17, 15) is 23.1 Å². The van der Waals surface area contributed by atoms with Gasteiger partial charge in [0.25, 0.3) is 0 Å². The van der Waals surface area contributed by atoms with Crippen molar-refractivity contribution >= 4 is 44.9 Å². The number of aliphatic carboxylic acids is 1. The number of oxime groups is 1. The van der Waals surface area contributed by atoms with Crippen molar-refractivity contribution in [3.63, 3.8) is 0 Å². The zero-order valence-corrected chi connectivity index (χ0v) is 25.9. The van der Waals surface area contributed by atoms with E-state index < -0.39 is 46.2 Å². The number of carbonyl (C=O) groups excluding carboxylic acids is 1. The Morgan fingerprint density at radius 1 is 1.24 bits per heavy atom. The van der Waals surface area contributed by atoms with Gasteiger partial charge in [-0.3, -0.25) is 0 Å². The predicted octanol–water partition coefficient (Wildman–Crippen LogP) is -1.01. The summed E-state index contributed by atoms with van der Waals surface area (Å²) in [5, 5.41) is 25.1. The van der Waals surface area contributed by atoms with Gasteiger partial charge in [-0.25, -0.2) is 4.79 Å². The average molecular weight is 601 g/mol. The third-order valence-electron chi connectivity index (χ3n) is 6.31. The molecule has 0 spiro atoms. The molecular formula is C24H29AsN3NaO7S. The molecule has 2 heterocycles. The molecule has 1 atom stereocenters. The summed E-state index contributed by atoms with van der Waals surface area (Å²) in [4.78, 5) is 31.8. The maximum atomic E-state index is 12.8. The van der Waals surface area contributed by atoms with Crippen LogP contribution in [0.25, 0.3) is 11.1 Å². The molecule has 0 bridgehead atoms. The Bertz CT molecular complexity index is 1350. The predicted molar refractivity (Wildman–Crippen MR) is 137 cm³/mol. The van der Waals surface area contributed by atoms with Crippen LogP contribution in [-0.4, -0.2) is 80.9 Å². The molecule has 0 radical (unpaired) electrons. The Kier molecular flexibility index (Phi) is 9.66. The first kappa shape index (κ1) is 29.8. The van der Waals surface area contributed by atoms with E-state index in [0.29, 0.717) is 22.7 Å². The molecule has 2 aromatic rings. The van der Waals surface area contributed by atoms with E-state index in [2.05, 4.69) is 15.4 Å². The first-order valence-corrected chi connectivity index (χ1v) is 18.8. The minimum Gasteiger partial charge on any atom is -1.00 e. The van der Waals surface area contributed by atoms with Crippen LogP contribution in [-0.2, 0) is 35.5 Å². The number of rotatable bonds is 8. The number of benzene rings is 2. The van der Waals surface area contributed by atoms with Gasteiger partial charge in [0.05, 0.1) is 0 Å². The van der Waals surface area contributed by atoms with Gasteiger partial charge in [-0.2, -0.15) is 0 Å². The standard InChI is InChI=1S/C24H28AsN3O7S.Na.H/c1-25(2)36(33,34)15-6-4-14(5-7-15)17-12-18-21(19-13-28(3)10-8-16(17)19)26-23(30)22(18)27-35-20(9-11-29)24(31)32;;/h4-7,12,20,29H,8-11,13H2,1-3H3,(H,31,32)(H,26,27,30);;/q;+1;-1. The van der Waals surface area contributed by atoms with Gasteiger partial charge in [0.15, 0.2) is 0 Å². The summed E-state index contributed by atoms with van der Waals surface area (Å²) < 4.78 is 25.3. The van der Waals surface area contributed by atoms with E-state index in [1.165, 1.54) is 0 Å². The summed E-state index contributed by atoms with van der Waals surface area (Å²) in [6, 6.07) is 8.64. The fourth-order valence-electron chi connectivity index (χ4n) is 4.34. The molecule has 194 valence electrons. The Morgan fingerprint density at radius 3 is 2.51 bits per heavy atom. The Hall–Kier alpha value is -1.72. The zero-order valence-electron chi connectivity index (χ0n) is 22.2. The monoisotopic (exact) mass is 601 g/mol. The Labute approximate surface area is 243 Å². The van der Waals surface area contributed by atoms with Crippen molar-refractivity contribution in [1.82, 2.24) is 4.90 Å². The zero-order chi connectivity index (χ0) is 26.2. The third-order valence-corrected chi connectivity index (χ3v) is 15.5. The summed E-state index contributed by atoms with van der Waals surface area (Å²) in [5.41, 5.74) is 8.30. The molecule has 2 aliphatic heterocycles. The van der Waals surface area contributed by atoms with E-state index >= 15 is 0 Å². The van der Waals surface area contributed by atoms with Gasteiger partial charge in [-0.05, 0) is 0 Å². The number of carboxylic acid groups (broad SMARTS) is 1. The number of amides is 1. The van der Waals surface area contributed by atoms with Crippen LogP contribution >= 0.6 is 0 Å². The molecule has 2 aromatic carbocycles. The van der Waals surface area contributed by atoms with Crippen molar-refractivity contribution in [2.75, 3.05) is 25.5 Å². The second kappa shape index (κ2) is 12.0. The molecule has 0 saturated heterocycles. The van der Waals surface area contributed by atoms with E-state index in [1.807, 2.05) is 13.1 Å². The van der Waals surface area contributed by atoms with Crippen molar-refractivity contribution in [3.8, 4) is 11.1 Å². The molecule has 0 saturated carbocycles. The summed E-state index contributed by atoms with van der Waals surface area (Å²) >= 11 is -2.02. The summed E-state index contributed by atoms with van der Waals surface area (Å²) in [6.07, 6.45) is -0.818. The van der Waals surface area contributed by atoms with Crippen LogP contribution in [0.1, 0.15) is 24.5 Å². The van der Waals surface area contributed by atoms with Crippen LogP contribution < -0.4 is 34.9 Å². The van der Waals surface area contributed by atoms with E-state index in [-0.39, 0.29) is 43.1 Å². The number of nitrogens with one attached hydrogen (secondary N) is 1. The van der Waals surface area contributed by atoms with Crippen LogP contribution in [0.4, 0.5) is 5.69 Å². The van der Waals surface area contributed by atoms with Gasteiger partial charge in [0.1, 0.15) is 0 Å². The number of anilines is 1. The second-order valence-corrected chi connectivity index (χ2v) is 20.6. The van der Waals surface area contributed by atoms with Gasteiger partial charge >= 0.3 is 215 Å². The fraction of sp³-hybridized carbons (Fsp3) is 0.375. The summed E-state index contributed by atoms with van der Waals surface area (Å²) in [6.45, 7) is 1.01.